The molecular formula is C17H27N. The summed E-state index contributed by atoms with van der Waals surface area (Å²) in [5.74, 6) is 0.892. The first-order valence-electron chi connectivity index (χ1n) is 7.47. The van der Waals surface area contributed by atoms with E-state index in [-0.39, 0.29) is 0 Å². The zero-order valence-corrected chi connectivity index (χ0v) is 12.1. The first-order valence-corrected chi connectivity index (χ1v) is 7.47. The van der Waals surface area contributed by atoms with Crippen LogP contribution in [0.15, 0.2) is 18.2 Å². The van der Waals surface area contributed by atoms with Crippen molar-refractivity contribution in [1.82, 2.24) is 5.32 Å². The molecule has 100 valence electrons. The molecule has 1 heteroatoms. The van der Waals surface area contributed by atoms with Crippen molar-refractivity contribution in [2.24, 2.45) is 5.92 Å². The molecule has 0 radical (unpaired) electrons. The summed E-state index contributed by atoms with van der Waals surface area (Å²) in [6.45, 7) is 7.81. The maximum Gasteiger partial charge on any atom is 0.0210 e. The van der Waals surface area contributed by atoms with E-state index < -0.39 is 0 Å². The van der Waals surface area contributed by atoms with Crippen molar-refractivity contribution in [2.45, 2.75) is 65.5 Å². The second kappa shape index (κ2) is 6.38. The first-order chi connectivity index (χ1) is 8.68. The van der Waals surface area contributed by atoms with E-state index in [0.717, 1.165) is 12.5 Å². The smallest absolute Gasteiger partial charge is 0.0210 e. The fourth-order valence-corrected chi connectivity index (χ4v) is 3.08. The van der Waals surface area contributed by atoms with Crippen LogP contribution in [0, 0.1) is 19.8 Å². The van der Waals surface area contributed by atoms with E-state index in [0.29, 0.717) is 6.04 Å². The summed E-state index contributed by atoms with van der Waals surface area (Å²) in [6.07, 6.45) is 7.14. The van der Waals surface area contributed by atoms with Gasteiger partial charge in [0.05, 0.1) is 0 Å². The molecule has 1 nitrogen and oxygen atoms in total. The molecule has 1 unspecified atom stereocenters. The number of aryl methyl sites for hydroxylation is 1. The number of hydrogen-bond acceptors (Lipinski definition) is 1. The van der Waals surface area contributed by atoms with Crippen LogP contribution in [0.4, 0.5) is 0 Å². The van der Waals surface area contributed by atoms with Gasteiger partial charge in [-0.25, -0.2) is 0 Å². The molecule has 0 heterocycles. The average Bonchev–Trinajstić information content (AvgIpc) is 2.41. The lowest BCUT2D eigenvalue weighted by molar-refractivity contribution is 0.280. The van der Waals surface area contributed by atoms with Gasteiger partial charge in [0.1, 0.15) is 0 Å². The van der Waals surface area contributed by atoms with Gasteiger partial charge in [-0.1, -0.05) is 37.5 Å². The lowest BCUT2D eigenvalue weighted by atomic mass is 9.84. The van der Waals surface area contributed by atoms with E-state index in [4.69, 9.17) is 0 Å². The molecule has 1 N–H and O–H groups in total. The molecule has 1 saturated carbocycles. The first kappa shape index (κ1) is 13.6. The van der Waals surface area contributed by atoms with E-state index >= 15 is 0 Å². The Labute approximate surface area is 112 Å². The summed E-state index contributed by atoms with van der Waals surface area (Å²) in [7, 11) is 0. The van der Waals surface area contributed by atoms with Crippen molar-refractivity contribution in [3.8, 4) is 0 Å². The SMILES string of the molecule is Cc1cccc(CNC(C)C2CCCCC2)c1C. The van der Waals surface area contributed by atoms with Crippen molar-refractivity contribution in [3.05, 3.63) is 34.9 Å². The van der Waals surface area contributed by atoms with Gasteiger partial charge < -0.3 is 5.32 Å². The predicted octanol–water partition coefficient (Wildman–Crippen LogP) is 4.36. The summed E-state index contributed by atoms with van der Waals surface area (Å²) >= 11 is 0. The Balaban J connectivity index is 1.88. The van der Waals surface area contributed by atoms with E-state index in [1.807, 2.05) is 0 Å². The lowest BCUT2D eigenvalue weighted by Crippen LogP contribution is -2.34. The molecule has 1 fully saturated rings. The molecule has 1 aromatic rings. The maximum absolute atomic E-state index is 3.74. The molecule has 0 saturated heterocycles. The normalized spacial score (nSPS) is 18.8. The van der Waals surface area contributed by atoms with Crippen LogP contribution in [-0.4, -0.2) is 6.04 Å². The zero-order chi connectivity index (χ0) is 13.0. The molecule has 18 heavy (non-hydrogen) atoms. The third-order valence-corrected chi connectivity index (χ3v) is 4.69. The highest BCUT2D eigenvalue weighted by atomic mass is 14.9. The molecule has 0 spiro atoms. The van der Waals surface area contributed by atoms with Gasteiger partial charge in [-0.15, -0.1) is 0 Å². The highest BCUT2D eigenvalue weighted by Crippen LogP contribution is 2.26. The van der Waals surface area contributed by atoms with Crippen LogP contribution in [0.3, 0.4) is 0 Å². The molecule has 0 bridgehead atoms. The zero-order valence-electron chi connectivity index (χ0n) is 12.1. The van der Waals surface area contributed by atoms with Gasteiger partial charge in [0.25, 0.3) is 0 Å². The summed E-state index contributed by atoms with van der Waals surface area (Å²) in [5, 5.41) is 3.74. The minimum atomic E-state index is 0.658. The summed E-state index contributed by atoms with van der Waals surface area (Å²) < 4.78 is 0. The molecule has 0 amide bonds. The van der Waals surface area contributed by atoms with Gasteiger partial charge in [0, 0.05) is 12.6 Å². The third-order valence-electron chi connectivity index (χ3n) is 4.69. The predicted molar refractivity (Wildman–Crippen MR) is 78.8 cm³/mol. The van der Waals surface area contributed by atoms with Crippen LogP contribution < -0.4 is 5.32 Å². The largest absolute Gasteiger partial charge is 0.310 e. The van der Waals surface area contributed by atoms with Crippen LogP contribution >= 0.6 is 0 Å². The summed E-state index contributed by atoms with van der Waals surface area (Å²) in [6, 6.07) is 7.28. The minimum Gasteiger partial charge on any atom is -0.310 e. The lowest BCUT2D eigenvalue weighted by Gasteiger charge is -2.28. The summed E-state index contributed by atoms with van der Waals surface area (Å²) in [5.41, 5.74) is 4.30. The third kappa shape index (κ3) is 3.35. The van der Waals surface area contributed by atoms with E-state index in [1.165, 1.54) is 48.8 Å². The average molecular weight is 245 g/mol. The van der Waals surface area contributed by atoms with Crippen LogP contribution in [-0.2, 0) is 6.54 Å². The van der Waals surface area contributed by atoms with Crippen molar-refractivity contribution in [3.63, 3.8) is 0 Å². The fourth-order valence-electron chi connectivity index (χ4n) is 3.08. The van der Waals surface area contributed by atoms with Crippen molar-refractivity contribution in [2.75, 3.05) is 0 Å². The number of benzene rings is 1. The van der Waals surface area contributed by atoms with Gasteiger partial charge in [-0.05, 0) is 56.2 Å². The molecule has 1 aliphatic carbocycles. The maximum atomic E-state index is 3.74. The molecule has 1 aromatic carbocycles. The Morgan fingerprint density at radius 1 is 1.17 bits per heavy atom. The second-order valence-electron chi connectivity index (χ2n) is 5.93. The molecule has 2 rings (SSSR count). The Bertz CT molecular complexity index is 377. The molecule has 1 atom stereocenters. The second-order valence-corrected chi connectivity index (χ2v) is 5.93. The van der Waals surface area contributed by atoms with Gasteiger partial charge in [0.2, 0.25) is 0 Å². The van der Waals surface area contributed by atoms with E-state index in [2.05, 4.69) is 44.3 Å². The minimum absolute atomic E-state index is 0.658. The monoisotopic (exact) mass is 245 g/mol. The Morgan fingerprint density at radius 3 is 2.61 bits per heavy atom. The van der Waals surface area contributed by atoms with Gasteiger partial charge in [-0.3, -0.25) is 0 Å². The van der Waals surface area contributed by atoms with Gasteiger partial charge in [-0.2, -0.15) is 0 Å². The van der Waals surface area contributed by atoms with Gasteiger partial charge >= 0.3 is 0 Å². The topological polar surface area (TPSA) is 12.0 Å². The number of rotatable bonds is 4. The van der Waals surface area contributed by atoms with E-state index in [9.17, 15) is 0 Å². The standard InChI is InChI=1S/C17H27N/c1-13-8-7-11-17(14(13)2)12-18-15(3)16-9-5-4-6-10-16/h7-8,11,15-16,18H,4-6,9-10,12H2,1-3H3. The number of nitrogens with one attached hydrogen (secondary N) is 1. The molecule has 0 aliphatic heterocycles. The van der Waals surface area contributed by atoms with Crippen LogP contribution in [0.1, 0.15) is 55.7 Å². The fraction of sp³-hybridized carbons (Fsp3) is 0.647. The number of hydrogen-bond donors (Lipinski definition) is 1. The van der Waals surface area contributed by atoms with Crippen LogP contribution in [0.25, 0.3) is 0 Å². The Morgan fingerprint density at radius 2 is 1.89 bits per heavy atom. The highest BCUT2D eigenvalue weighted by Gasteiger charge is 2.19. The molecule has 1 aliphatic rings. The quantitative estimate of drug-likeness (QED) is 0.831. The molecule has 0 aromatic heterocycles. The van der Waals surface area contributed by atoms with Crippen molar-refractivity contribution < 1.29 is 0 Å². The van der Waals surface area contributed by atoms with Crippen molar-refractivity contribution in [1.29, 1.82) is 0 Å². The highest BCUT2D eigenvalue weighted by molar-refractivity contribution is 5.32. The van der Waals surface area contributed by atoms with Crippen LogP contribution in [0.2, 0.25) is 0 Å². The van der Waals surface area contributed by atoms with Crippen LogP contribution in [0.5, 0.6) is 0 Å². The molecular weight excluding hydrogens is 218 g/mol. The Hall–Kier alpha value is -0.820. The van der Waals surface area contributed by atoms with Crippen molar-refractivity contribution >= 4 is 0 Å². The Kier molecular flexibility index (Phi) is 4.82. The van der Waals surface area contributed by atoms with Gasteiger partial charge in [0.15, 0.2) is 0 Å². The summed E-state index contributed by atoms with van der Waals surface area (Å²) in [4.78, 5) is 0. The van der Waals surface area contributed by atoms with E-state index in [1.54, 1.807) is 0 Å².